The highest BCUT2D eigenvalue weighted by molar-refractivity contribution is 5.49. The van der Waals surface area contributed by atoms with Gasteiger partial charge in [0, 0.05) is 18.3 Å². The fourth-order valence-electron chi connectivity index (χ4n) is 2.72. The maximum absolute atomic E-state index is 12.8. The van der Waals surface area contributed by atoms with Crippen molar-refractivity contribution < 1.29 is 17.6 Å². The smallest absolute Gasteiger partial charge is 0.391 e. The third-order valence-electron chi connectivity index (χ3n) is 3.84. The summed E-state index contributed by atoms with van der Waals surface area (Å²) in [5, 5.41) is 7.83. The zero-order valence-electron chi connectivity index (χ0n) is 11.2. The van der Waals surface area contributed by atoms with Crippen molar-refractivity contribution in [2.45, 2.75) is 37.8 Å². The van der Waals surface area contributed by atoms with Gasteiger partial charge in [0.1, 0.15) is 0 Å². The van der Waals surface area contributed by atoms with Crippen LogP contribution in [0.2, 0.25) is 0 Å². The Morgan fingerprint density at radius 3 is 2.76 bits per heavy atom. The second kappa shape index (κ2) is 5.46. The van der Waals surface area contributed by atoms with E-state index in [9.17, 15) is 13.2 Å². The fourth-order valence-corrected chi connectivity index (χ4v) is 2.72. The first-order valence-electron chi connectivity index (χ1n) is 6.84. The van der Waals surface area contributed by atoms with Crippen LogP contribution in [0.4, 0.5) is 13.2 Å². The molecule has 21 heavy (non-hydrogen) atoms. The zero-order valence-corrected chi connectivity index (χ0v) is 11.2. The van der Waals surface area contributed by atoms with Gasteiger partial charge < -0.3 is 4.42 Å². The Labute approximate surface area is 119 Å². The van der Waals surface area contributed by atoms with Crippen molar-refractivity contribution in [2.24, 2.45) is 5.92 Å². The normalized spacial score (nSPS) is 23.2. The molecule has 1 aliphatic carbocycles. The van der Waals surface area contributed by atoms with Crippen LogP contribution in [0.15, 0.2) is 28.9 Å². The van der Waals surface area contributed by atoms with Gasteiger partial charge in [-0.25, -0.2) is 0 Å². The molecule has 0 aliphatic heterocycles. The van der Waals surface area contributed by atoms with Gasteiger partial charge in [-0.2, -0.15) is 13.2 Å². The largest absolute Gasteiger partial charge is 0.420 e. The third kappa shape index (κ3) is 3.06. The van der Waals surface area contributed by atoms with Crippen LogP contribution in [0.1, 0.15) is 37.5 Å². The summed E-state index contributed by atoms with van der Waals surface area (Å²) < 4.78 is 44.0. The van der Waals surface area contributed by atoms with Gasteiger partial charge in [-0.15, -0.1) is 10.2 Å². The van der Waals surface area contributed by atoms with E-state index >= 15 is 0 Å². The first kappa shape index (κ1) is 14.0. The van der Waals surface area contributed by atoms with Crippen molar-refractivity contribution >= 4 is 0 Å². The second-order valence-corrected chi connectivity index (χ2v) is 5.29. The van der Waals surface area contributed by atoms with Crippen molar-refractivity contribution in [3.8, 4) is 11.5 Å². The number of halogens is 3. The minimum absolute atomic E-state index is 0.0260. The Morgan fingerprint density at radius 2 is 2.05 bits per heavy atom. The summed E-state index contributed by atoms with van der Waals surface area (Å²) in [5.74, 6) is -0.997. The SMILES string of the molecule is FC(F)(F)C1CCCC(c2nnc(-c3cccnc3)o2)C1. The Balaban J connectivity index is 1.77. The fraction of sp³-hybridized carbons (Fsp3) is 0.500. The van der Waals surface area contributed by atoms with Gasteiger partial charge in [0.25, 0.3) is 0 Å². The number of aromatic nitrogens is 3. The van der Waals surface area contributed by atoms with Crippen molar-refractivity contribution in [1.82, 2.24) is 15.2 Å². The van der Waals surface area contributed by atoms with E-state index in [1.54, 1.807) is 24.5 Å². The van der Waals surface area contributed by atoms with Crippen LogP contribution in [0, 0.1) is 5.92 Å². The minimum atomic E-state index is -4.15. The quantitative estimate of drug-likeness (QED) is 0.841. The third-order valence-corrected chi connectivity index (χ3v) is 3.84. The number of nitrogens with zero attached hydrogens (tertiary/aromatic N) is 3. The van der Waals surface area contributed by atoms with E-state index in [-0.39, 0.29) is 18.8 Å². The van der Waals surface area contributed by atoms with Crippen molar-refractivity contribution in [3.63, 3.8) is 0 Å². The first-order valence-corrected chi connectivity index (χ1v) is 6.84. The molecule has 2 atom stereocenters. The summed E-state index contributed by atoms with van der Waals surface area (Å²) in [4.78, 5) is 3.95. The Morgan fingerprint density at radius 1 is 1.19 bits per heavy atom. The predicted octanol–water partition coefficient (Wildman–Crippen LogP) is 3.97. The topological polar surface area (TPSA) is 51.8 Å². The Hall–Kier alpha value is -1.92. The summed E-state index contributed by atoms with van der Waals surface area (Å²) in [6.07, 6.45) is 0.444. The Kier molecular flexibility index (Phi) is 3.65. The number of pyridine rings is 1. The van der Waals surface area contributed by atoms with Crippen molar-refractivity contribution in [1.29, 1.82) is 0 Å². The molecule has 0 radical (unpaired) electrons. The van der Waals surface area contributed by atoms with E-state index in [1.165, 1.54) is 0 Å². The standard InChI is InChI=1S/C14H14F3N3O/c15-14(16,17)11-5-1-3-9(7-11)12-19-20-13(21-12)10-4-2-6-18-8-10/h2,4,6,8-9,11H,1,3,5,7H2. The molecule has 2 aromatic heterocycles. The molecule has 0 bridgehead atoms. The van der Waals surface area contributed by atoms with Gasteiger partial charge in [-0.05, 0) is 31.4 Å². The molecule has 0 spiro atoms. The van der Waals surface area contributed by atoms with Gasteiger partial charge in [0.05, 0.1) is 11.5 Å². The van der Waals surface area contributed by atoms with Gasteiger partial charge in [-0.3, -0.25) is 4.98 Å². The van der Waals surface area contributed by atoms with Crippen LogP contribution < -0.4 is 0 Å². The predicted molar refractivity (Wildman–Crippen MR) is 68.3 cm³/mol. The molecule has 0 amide bonds. The highest BCUT2D eigenvalue weighted by Crippen LogP contribution is 2.43. The first-order chi connectivity index (χ1) is 10.0. The lowest BCUT2D eigenvalue weighted by Crippen LogP contribution is -2.28. The maximum Gasteiger partial charge on any atom is 0.391 e. The molecular formula is C14H14F3N3O. The summed E-state index contributed by atoms with van der Waals surface area (Å²) in [6.45, 7) is 0. The van der Waals surface area contributed by atoms with Gasteiger partial charge in [0.15, 0.2) is 0 Å². The molecule has 1 aliphatic rings. The van der Waals surface area contributed by atoms with Gasteiger partial charge >= 0.3 is 6.18 Å². The number of hydrogen-bond donors (Lipinski definition) is 0. The number of alkyl halides is 3. The minimum Gasteiger partial charge on any atom is -0.420 e. The van der Waals surface area contributed by atoms with Crippen molar-refractivity contribution in [3.05, 3.63) is 30.4 Å². The summed E-state index contributed by atoms with van der Waals surface area (Å²) in [6, 6.07) is 3.50. The van der Waals surface area contributed by atoms with Crippen LogP contribution in [0.5, 0.6) is 0 Å². The number of hydrogen-bond acceptors (Lipinski definition) is 4. The van der Waals surface area contributed by atoms with Crippen LogP contribution in [-0.2, 0) is 0 Å². The molecule has 2 unspecified atom stereocenters. The molecule has 3 rings (SSSR count). The molecule has 0 aromatic carbocycles. The van der Waals surface area contributed by atoms with E-state index in [4.69, 9.17) is 4.42 Å². The molecule has 4 nitrogen and oxygen atoms in total. The van der Waals surface area contributed by atoms with E-state index < -0.39 is 12.1 Å². The van der Waals surface area contributed by atoms with E-state index in [0.717, 1.165) is 0 Å². The maximum atomic E-state index is 12.8. The highest BCUT2D eigenvalue weighted by atomic mass is 19.4. The average Bonchev–Trinajstić information content (AvgIpc) is 2.97. The summed E-state index contributed by atoms with van der Waals surface area (Å²) in [7, 11) is 0. The van der Waals surface area contributed by atoms with E-state index in [1.807, 2.05) is 0 Å². The molecule has 1 fully saturated rings. The van der Waals surface area contributed by atoms with Gasteiger partial charge in [0.2, 0.25) is 11.8 Å². The van der Waals surface area contributed by atoms with Crippen LogP contribution >= 0.6 is 0 Å². The molecule has 2 heterocycles. The van der Waals surface area contributed by atoms with Gasteiger partial charge in [-0.1, -0.05) is 6.42 Å². The van der Waals surface area contributed by atoms with E-state index in [2.05, 4.69) is 15.2 Å². The molecular weight excluding hydrogens is 283 g/mol. The lowest BCUT2D eigenvalue weighted by molar-refractivity contribution is -0.183. The lowest BCUT2D eigenvalue weighted by Gasteiger charge is -2.28. The molecule has 1 saturated carbocycles. The molecule has 0 N–H and O–H groups in total. The van der Waals surface area contributed by atoms with Crippen LogP contribution in [-0.4, -0.2) is 21.4 Å². The monoisotopic (exact) mass is 297 g/mol. The van der Waals surface area contributed by atoms with E-state index in [0.29, 0.717) is 30.2 Å². The second-order valence-electron chi connectivity index (χ2n) is 5.29. The van der Waals surface area contributed by atoms with Crippen molar-refractivity contribution in [2.75, 3.05) is 0 Å². The number of rotatable bonds is 2. The molecule has 112 valence electrons. The van der Waals surface area contributed by atoms with Crippen LogP contribution in [0.3, 0.4) is 0 Å². The zero-order chi connectivity index (χ0) is 14.9. The lowest BCUT2D eigenvalue weighted by atomic mass is 9.81. The van der Waals surface area contributed by atoms with Crippen LogP contribution in [0.25, 0.3) is 11.5 Å². The highest BCUT2D eigenvalue weighted by Gasteiger charge is 2.43. The molecule has 7 heteroatoms. The Bertz CT molecular complexity index is 597. The summed E-state index contributed by atoms with van der Waals surface area (Å²) in [5.41, 5.74) is 0.666. The average molecular weight is 297 g/mol. The molecule has 2 aromatic rings. The molecule has 0 saturated heterocycles. The summed E-state index contributed by atoms with van der Waals surface area (Å²) >= 11 is 0.